The number of aromatic nitrogens is 4. The first-order chi connectivity index (χ1) is 7.25. The van der Waals surface area contributed by atoms with Crippen LogP contribution in [0.4, 0.5) is 0 Å². The average molecular weight is 203 g/mol. The van der Waals surface area contributed by atoms with Crippen LogP contribution >= 0.6 is 0 Å². The highest BCUT2D eigenvalue weighted by Gasteiger charge is 2.37. The van der Waals surface area contributed by atoms with Crippen molar-refractivity contribution in [2.45, 2.75) is 31.2 Å². The molecule has 1 saturated carbocycles. The molecule has 0 aromatic carbocycles. The van der Waals surface area contributed by atoms with Crippen LogP contribution < -0.4 is 5.73 Å². The minimum absolute atomic E-state index is 0.108. The summed E-state index contributed by atoms with van der Waals surface area (Å²) in [6.45, 7) is 0. The van der Waals surface area contributed by atoms with Gasteiger partial charge in [-0.25, -0.2) is 9.50 Å². The van der Waals surface area contributed by atoms with Crippen LogP contribution in [-0.4, -0.2) is 25.1 Å². The van der Waals surface area contributed by atoms with Crippen LogP contribution in [0.15, 0.2) is 18.7 Å². The standard InChI is InChI=1S/C10H13N5/c11-10(3-4-10)2-1-8-5-12-9-13-7-14-15(9)6-8/h5-7H,1-4,11H2. The summed E-state index contributed by atoms with van der Waals surface area (Å²) in [6, 6.07) is 0. The van der Waals surface area contributed by atoms with Crippen LogP contribution in [0.25, 0.3) is 5.78 Å². The Labute approximate surface area is 87.3 Å². The van der Waals surface area contributed by atoms with Gasteiger partial charge in [0.25, 0.3) is 5.78 Å². The van der Waals surface area contributed by atoms with E-state index in [0.717, 1.165) is 25.7 Å². The van der Waals surface area contributed by atoms with E-state index in [1.54, 1.807) is 4.52 Å². The number of hydrogen-bond donors (Lipinski definition) is 1. The maximum absolute atomic E-state index is 6.03. The fraction of sp³-hybridized carbons (Fsp3) is 0.500. The van der Waals surface area contributed by atoms with E-state index in [9.17, 15) is 0 Å². The first-order valence-corrected chi connectivity index (χ1v) is 5.18. The highest BCUT2D eigenvalue weighted by Crippen LogP contribution is 2.36. The van der Waals surface area contributed by atoms with Crippen molar-refractivity contribution in [3.05, 3.63) is 24.3 Å². The number of fused-ring (bicyclic) bond motifs is 1. The molecule has 2 N–H and O–H groups in total. The maximum Gasteiger partial charge on any atom is 0.252 e. The lowest BCUT2D eigenvalue weighted by Gasteiger charge is -2.07. The summed E-state index contributed by atoms with van der Waals surface area (Å²) in [6.07, 6.45) is 9.67. The second-order valence-electron chi connectivity index (χ2n) is 4.33. The van der Waals surface area contributed by atoms with Crippen molar-refractivity contribution in [2.24, 2.45) is 5.73 Å². The molecule has 1 aliphatic carbocycles. The molecule has 3 rings (SSSR count). The highest BCUT2D eigenvalue weighted by atomic mass is 15.3. The fourth-order valence-corrected chi connectivity index (χ4v) is 1.69. The first kappa shape index (κ1) is 8.79. The minimum Gasteiger partial charge on any atom is -0.325 e. The summed E-state index contributed by atoms with van der Waals surface area (Å²) in [5, 5.41) is 4.05. The molecule has 2 aromatic heterocycles. The predicted octanol–water partition coefficient (Wildman–Crippen LogP) is 0.548. The molecule has 5 nitrogen and oxygen atoms in total. The zero-order valence-electron chi connectivity index (χ0n) is 8.43. The molecule has 2 heterocycles. The van der Waals surface area contributed by atoms with Gasteiger partial charge in [0.05, 0.1) is 0 Å². The van der Waals surface area contributed by atoms with Gasteiger partial charge >= 0.3 is 0 Å². The molecular weight excluding hydrogens is 190 g/mol. The van der Waals surface area contributed by atoms with Crippen molar-refractivity contribution in [3.8, 4) is 0 Å². The average Bonchev–Trinajstić information content (AvgIpc) is 2.80. The fourth-order valence-electron chi connectivity index (χ4n) is 1.69. The molecule has 0 amide bonds. The molecule has 0 radical (unpaired) electrons. The lowest BCUT2D eigenvalue weighted by Crippen LogP contribution is -2.22. The second kappa shape index (κ2) is 3.00. The van der Waals surface area contributed by atoms with Gasteiger partial charge in [0.1, 0.15) is 6.33 Å². The zero-order valence-corrected chi connectivity index (χ0v) is 8.43. The zero-order chi connectivity index (χ0) is 10.3. The van der Waals surface area contributed by atoms with Crippen molar-refractivity contribution < 1.29 is 0 Å². The van der Waals surface area contributed by atoms with Crippen LogP contribution in [-0.2, 0) is 6.42 Å². The molecule has 15 heavy (non-hydrogen) atoms. The van der Waals surface area contributed by atoms with Gasteiger partial charge in [-0.15, -0.1) is 0 Å². The Morgan fingerprint density at radius 1 is 1.40 bits per heavy atom. The van der Waals surface area contributed by atoms with Crippen LogP contribution in [0.3, 0.4) is 0 Å². The monoisotopic (exact) mass is 203 g/mol. The van der Waals surface area contributed by atoms with Crippen LogP contribution in [0, 0.1) is 0 Å². The summed E-state index contributed by atoms with van der Waals surface area (Å²) < 4.78 is 1.70. The molecule has 0 saturated heterocycles. The van der Waals surface area contributed by atoms with Crippen LogP contribution in [0.1, 0.15) is 24.8 Å². The van der Waals surface area contributed by atoms with E-state index in [0.29, 0.717) is 5.78 Å². The number of nitrogens with zero attached hydrogens (tertiary/aromatic N) is 4. The summed E-state index contributed by atoms with van der Waals surface area (Å²) in [7, 11) is 0. The second-order valence-corrected chi connectivity index (χ2v) is 4.33. The molecule has 0 bridgehead atoms. The third-order valence-electron chi connectivity index (χ3n) is 2.99. The molecular formula is C10H13N5. The Balaban J connectivity index is 1.78. The third kappa shape index (κ3) is 1.70. The Hall–Kier alpha value is -1.49. The quantitative estimate of drug-likeness (QED) is 0.790. The maximum atomic E-state index is 6.03. The van der Waals surface area contributed by atoms with E-state index in [2.05, 4.69) is 15.1 Å². The molecule has 0 atom stereocenters. The molecule has 0 spiro atoms. The van der Waals surface area contributed by atoms with Gasteiger partial charge in [0.15, 0.2) is 0 Å². The molecule has 78 valence electrons. The Kier molecular flexibility index (Phi) is 1.76. The Morgan fingerprint density at radius 3 is 3.07 bits per heavy atom. The summed E-state index contributed by atoms with van der Waals surface area (Å²) in [5.74, 6) is 0.646. The van der Waals surface area contributed by atoms with Crippen molar-refractivity contribution in [1.29, 1.82) is 0 Å². The normalized spacial score (nSPS) is 18.2. The van der Waals surface area contributed by atoms with E-state index in [1.807, 2.05) is 12.4 Å². The minimum atomic E-state index is 0.108. The summed E-state index contributed by atoms with van der Waals surface area (Å²) in [4.78, 5) is 8.21. The highest BCUT2D eigenvalue weighted by molar-refractivity contribution is 5.25. The molecule has 1 aliphatic rings. The number of nitrogens with two attached hydrogens (primary N) is 1. The van der Waals surface area contributed by atoms with Crippen LogP contribution in [0.5, 0.6) is 0 Å². The van der Waals surface area contributed by atoms with E-state index >= 15 is 0 Å². The van der Waals surface area contributed by atoms with E-state index in [1.165, 1.54) is 11.9 Å². The number of rotatable bonds is 3. The Morgan fingerprint density at radius 2 is 2.27 bits per heavy atom. The predicted molar refractivity (Wildman–Crippen MR) is 55.3 cm³/mol. The molecule has 2 aromatic rings. The lowest BCUT2D eigenvalue weighted by atomic mass is 10.1. The van der Waals surface area contributed by atoms with Crippen molar-refractivity contribution in [1.82, 2.24) is 19.6 Å². The molecule has 0 aliphatic heterocycles. The van der Waals surface area contributed by atoms with Gasteiger partial charge in [-0.3, -0.25) is 0 Å². The van der Waals surface area contributed by atoms with E-state index in [4.69, 9.17) is 5.73 Å². The van der Waals surface area contributed by atoms with Gasteiger partial charge in [-0.05, 0) is 31.2 Å². The van der Waals surface area contributed by atoms with E-state index in [-0.39, 0.29) is 5.54 Å². The van der Waals surface area contributed by atoms with Gasteiger partial charge < -0.3 is 5.73 Å². The van der Waals surface area contributed by atoms with Crippen molar-refractivity contribution >= 4 is 5.78 Å². The SMILES string of the molecule is NC1(CCc2cnc3ncnn3c2)CC1. The topological polar surface area (TPSA) is 69.1 Å². The largest absolute Gasteiger partial charge is 0.325 e. The third-order valence-corrected chi connectivity index (χ3v) is 2.99. The van der Waals surface area contributed by atoms with Gasteiger partial charge in [-0.2, -0.15) is 10.1 Å². The smallest absolute Gasteiger partial charge is 0.252 e. The summed E-state index contributed by atoms with van der Waals surface area (Å²) in [5.41, 5.74) is 7.31. The van der Waals surface area contributed by atoms with Gasteiger partial charge in [-0.1, -0.05) is 0 Å². The van der Waals surface area contributed by atoms with Crippen molar-refractivity contribution in [3.63, 3.8) is 0 Å². The van der Waals surface area contributed by atoms with Crippen LogP contribution in [0.2, 0.25) is 0 Å². The Bertz CT molecular complexity index is 485. The molecule has 5 heteroatoms. The molecule has 1 fully saturated rings. The molecule has 0 unspecified atom stereocenters. The first-order valence-electron chi connectivity index (χ1n) is 5.18. The van der Waals surface area contributed by atoms with Gasteiger partial charge in [0, 0.05) is 17.9 Å². The lowest BCUT2D eigenvalue weighted by molar-refractivity contribution is 0.606. The number of hydrogen-bond acceptors (Lipinski definition) is 4. The van der Waals surface area contributed by atoms with Crippen molar-refractivity contribution in [2.75, 3.05) is 0 Å². The van der Waals surface area contributed by atoms with Gasteiger partial charge in [0.2, 0.25) is 0 Å². The number of aryl methyl sites for hydroxylation is 1. The summed E-state index contributed by atoms with van der Waals surface area (Å²) >= 11 is 0. The van der Waals surface area contributed by atoms with E-state index < -0.39 is 0 Å².